The number of carboxylic acids is 1. The van der Waals surface area contributed by atoms with E-state index >= 15 is 0 Å². The molecule has 3 heterocycles. The number of halogens is 4. The monoisotopic (exact) mass is 836 g/mol. The van der Waals surface area contributed by atoms with Crippen LogP contribution in [0.4, 0.5) is 17.6 Å². The second kappa shape index (κ2) is 16.7. The molecule has 4 N–H and O–H groups in total. The molecule has 1 saturated heterocycles. The zero-order valence-electron chi connectivity index (χ0n) is 30.2. The highest BCUT2D eigenvalue weighted by molar-refractivity contribution is 7.91. The molecule has 5 aromatic rings. The lowest BCUT2D eigenvalue weighted by molar-refractivity contribution is -0.149. The van der Waals surface area contributed by atoms with Crippen molar-refractivity contribution in [3.63, 3.8) is 0 Å². The van der Waals surface area contributed by atoms with Crippen molar-refractivity contribution in [1.82, 2.24) is 25.3 Å². The van der Waals surface area contributed by atoms with Gasteiger partial charge in [0, 0.05) is 18.9 Å². The maximum atomic E-state index is 13.9. The molecule has 6 rings (SSSR count). The molecule has 21 heteroatoms. The Morgan fingerprint density at radius 3 is 2.30 bits per heavy atom. The summed E-state index contributed by atoms with van der Waals surface area (Å²) in [6.07, 6.45) is -4.93. The topological polar surface area (TPSA) is 207 Å². The molecule has 2 unspecified atom stereocenters. The van der Waals surface area contributed by atoms with Gasteiger partial charge in [0.2, 0.25) is 10.2 Å². The minimum atomic E-state index is -4.58. The van der Waals surface area contributed by atoms with E-state index < -0.39 is 70.4 Å². The van der Waals surface area contributed by atoms with Gasteiger partial charge in [-0.2, -0.15) is 13.2 Å². The van der Waals surface area contributed by atoms with Gasteiger partial charge in [-0.1, -0.05) is 29.5 Å². The van der Waals surface area contributed by atoms with Gasteiger partial charge >= 0.3 is 12.1 Å². The first kappa shape index (κ1) is 41.4. The summed E-state index contributed by atoms with van der Waals surface area (Å²) in [7, 11) is -4.00. The number of hydrogen-bond acceptors (Lipinski definition) is 12. The minimum Gasteiger partial charge on any atom is -0.491 e. The van der Waals surface area contributed by atoms with Crippen LogP contribution in [0.1, 0.15) is 42.3 Å². The molecule has 2 aromatic heterocycles. The highest BCUT2D eigenvalue weighted by atomic mass is 32.2. The van der Waals surface area contributed by atoms with E-state index in [0.717, 1.165) is 35.6 Å². The van der Waals surface area contributed by atoms with Gasteiger partial charge in [-0.3, -0.25) is 4.79 Å². The first-order chi connectivity index (χ1) is 26.9. The molecular weight excluding hydrogens is 801 g/mol. The standard InChI is InChI=1S/C36H36F4N6O9S2/c1-35(2)54-29(16-37)30(55-35)19-53-24-9-5-21(6-10-24)14-28(32(47)42-27(33(48)49)13-20-3-7-22(8-4-20)36(38,39)40)46-17-23(44-45-46)18-52-25-11-12-31-26(15-25)43-34(56-31)57(41,50)51/h3-12,15,17,27-30H,13-14,16,18-19H2,1-2H3,(H,42,47)(H,48,49)(H2,41,50,51)/t27?,28?,29-,30-/m0/s1. The van der Waals surface area contributed by atoms with Crippen LogP contribution in [-0.4, -0.2) is 82.7 Å². The predicted molar refractivity (Wildman–Crippen MR) is 195 cm³/mol. The molecule has 0 bridgehead atoms. The number of thiazole rings is 1. The number of alkyl halides is 4. The quantitative estimate of drug-likeness (QED) is 0.117. The Balaban J connectivity index is 1.18. The second-order valence-electron chi connectivity index (χ2n) is 13.5. The average Bonchev–Trinajstić information content (AvgIpc) is 3.88. The van der Waals surface area contributed by atoms with Gasteiger partial charge < -0.3 is 29.4 Å². The number of carbonyl (C=O) groups is 2. The van der Waals surface area contributed by atoms with Gasteiger partial charge in [-0.15, -0.1) is 16.4 Å². The number of benzene rings is 3. The summed E-state index contributed by atoms with van der Waals surface area (Å²) in [5.41, 5.74) is 0.557. The van der Waals surface area contributed by atoms with Crippen molar-refractivity contribution < 1.29 is 59.6 Å². The summed E-state index contributed by atoms with van der Waals surface area (Å²) in [5.74, 6) is -2.41. The van der Waals surface area contributed by atoms with Gasteiger partial charge in [0.25, 0.3) is 10.0 Å². The van der Waals surface area contributed by atoms with Crippen LogP contribution in [-0.2, 0) is 54.7 Å². The lowest BCUT2D eigenvalue weighted by Gasteiger charge is -2.21. The third-order valence-electron chi connectivity index (χ3n) is 8.69. The number of nitrogens with one attached hydrogen (secondary N) is 1. The first-order valence-electron chi connectivity index (χ1n) is 17.2. The number of sulfonamides is 1. The minimum absolute atomic E-state index is 0.00991. The van der Waals surface area contributed by atoms with E-state index in [1.54, 1.807) is 50.2 Å². The Kier molecular flexibility index (Phi) is 12.1. The number of aliphatic carboxylic acids is 1. The third kappa shape index (κ3) is 10.6. The Labute approximate surface area is 326 Å². The smallest absolute Gasteiger partial charge is 0.416 e. The number of rotatable bonds is 16. The number of aromatic nitrogens is 4. The van der Waals surface area contributed by atoms with Crippen molar-refractivity contribution >= 4 is 43.5 Å². The Bertz CT molecular complexity index is 2320. The van der Waals surface area contributed by atoms with E-state index in [2.05, 4.69) is 20.6 Å². The molecule has 57 heavy (non-hydrogen) atoms. The zero-order valence-corrected chi connectivity index (χ0v) is 31.8. The number of ether oxygens (including phenoxy) is 4. The largest absolute Gasteiger partial charge is 0.491 e. The van der Waals surface area contributed by atoms with Crippen LogP contribution < -0.4 is 19.9 Å². The zero-order chi connectivity index (χ0) is 41.1. The number of carboxylic acid groups (broad SMARTS) is 1. The fraction of sp³-hybridized carbons (Fsp3) is 0.361. The predicted octanol–water partition coefficient (Wildman–Crippen LogP) is 4.60. The van der Waals surface area contributed by atoms with Gasteiger partial charge in [0.1, 0.15) is 61.4 Å². The van der Waals surface area contributed by atoms with Crippen molar-refractivity contribution in [3.8, 4) is 11.5 Å². The molecule has 15 nitrogen and oxygen atoms in total. The highest BCUT2D eigenvalue weighted by Gasteiger charge is 2.41. The average molecular weight is 837 g/mol. The van der Waals surface area contributed by atoms with Gasteiger partial charge in [0.15, 0.2) is 5.79 Å². The molecule has 1 aliphatic rings. The number of nitrogens with two attached hydrogens (primary N) is 1. The number of nitrogens with zero attached hydrogens (tertiary/aromatic N) is 4. The summed E-state index contributed by atoms with van der Waals surface area (Å²) in [6.45, 7) is 2.47. The maximum Gasteiger partial charge on any atom is 0.416 e. The number of hydrogen-bond donors (Lipinski definition) is 3. The summed E-state index contributed by atoms with van der Waals surface area (Å²) in [4.78, 5) is 30.2. The molecular formula is C36H36F4N6O9S2. The third-order valence-corrected chi connectivity index (χ3v) is 11.0. The van der Waals surface area contributed by atoms with E-state index in [1.807, 2.05) is 0 Å². The van der Waals surface area contributed by atoms with Gasteiger partial charge in [-0.05, 0) is 61.4 Å². The Morgan fingerprint density at radius 1 is 1.00 bits per heavy atom. The molecule has 304 valence electrons. The number of fused-ring (bicyclic) bond motifs is 1. The van der Waals surface area contributed by atoms with E-state index in [9.17, 15) is 40.7 Å². The lowest BCUT2D eigenvalue weighted by atomic mass is 10.0. The van der Waals surface area contributed by atoms with E-state index in [0.29, 0.717) is 27.3 Å². The molecule has 1 fully saturated rings. The van der Waals surface area contributed by atoms with Gasteiger partial charge in [0.05, 0.1) is 22.0 Å². The summed E-state index contributed by atoms with van der Waals surface area (Å²) in [5, 5.41) is 25.9. The lowest BCUT2D eigenvalue weighted by Crippen LogP contribution is -2.46. The summed E-state index contributed by atoms with van der Waals surface area (Å²) < 4.78 is 101. The Hall–Kier alpha value is -5.22. The van der Waals surface area contributed by atoms with Crippen LogP contribution in [0, 0.1) is 0 Å². The number of carbonyl (C=O) groups excluding carboxylic acids is 1. The van der Waals surface area contributed by atoms with Crippen molar-refractivity contribution in [2.45, 2.75) is 73.9 Å². The van der Waals surface area contributed by atoms with Crippen molar-refractivity contribution in [3.05, 3.63) is 95.3 Å². The SMILES string of the molecule is CC1(C)O[C@@H](CF)[C@H](COc2ccc(CC(C(=O)NC(Cc3ccc(C(F)(F)F)cc3)C(=O)O)n3cc(COc4ccc5sc(S(N)(=O)=O)nc5c4)nn3)cc2)O1. The Morgan fingerprint density at radius 2 is 1.65 bits per heavy atom. The van der Waals surface area contributed by atoms with Crippen LogP contribution in [0.15, 0.2) is 77.3 Å². The summed E-state index contributed by atoms with van der Waals surface area (Å²) in [6, 6.07) is 12.6. The maximum absolute atomic E-state index is 13.9. The van der Waals surface area contributed by atoms with Crippen LogP contribution in [0.3, 0.4) is 0 Å². The van der Waals surface area contributed by atoms with Gasteiger partial charge in [-0.25, -0.2) is 32.4 Å². The molecule has 1 aliphatic heterocycles. The molecule has 0 spiro atoms. The van der Waals surface area contributed by atoms with E-state index in [1.165, 1.54) is 16.9 Å². The molecule has 0 saturated carbocycles. The highest BCUT2D eigenvalue weighted by Crippen LogP contribution is 2.31. The number of primary sulfonamides is 1. The number of amides is 1. The van der Waals surface area contributed by atoms with Crippen molar-refractivity contribution in [2.24, 2.45) is 5.14 Å². The van der Waals surface area contributed by atoms with Crippen LogP contribution in [0.5, 0.6) is 11.5 Å². The second-order valence-corrected chi connectivity index (χ2v) is 16.2. The molecule has 0 aliphatic carbocycles. The van der Waals surface area contributed by atoms with Crippen LogP contribution >= 0.6 is 11.3 Å². The first-order valence-corrected chi connectivity index (χ1v) is 19.5. The van der Waals surface area contributed by atoms with Crippen LogP contribution in [0.2, 0.25) is 0 Å². The molecule has 0 radical (unpaired) electrons. The van der Waals surface area contributed by atoms with E-state index in [-0.39, 0.29) is 41.7 Å². The fourth-order valence-corrected chi connectivity index (χ4v) is 7.57. The van der Waals surface area contributed by atoms with Crippen LogP contribution in [0.25, 0.3) is 10.2 Å². The van der Waals surface area contributed by atoms with Crippen molar-refractivity contribution in [1.29, 1.82) is 0 Å². The molecule has 3 aromatic carbocycles. The van der Waals surface area contributed by atoms with E-state index in [4.69, 9.17) is 24.1 Å². The van der Waals surface area contributed by atoms with Crippen molar-refractivity contribution in [2.75, 3.05) is 13.3 Å². The molecule has 4 atom stereocenters. The summed E-state index contributed by atoms with van der Waals surface area (Å²) >= 11 is 0.904. The normalized spacial score (nSPS) is 17.9. The fourth-order valence-electron chi connectivity index (χ4n) is 5.93. The molecule has 1 amide bonds.